The van der Waals surface area contributed by atoms with Crippen molar-refractivity contribution in [3.8, 4) is 0 Å². The van der Waals surface area contributed by atoms with Gasteiger partial charge in [0.05, 0.1) is 5.41 Å². The number of likely N-dealkylation sites (tertiary alicyclic amines) is 2. The molecule has 3 fully saturated rings. The van der Waals surface area contributed by atoms with Gasteiger partial charge in [-0.25, -0.2) is 4.79 Å². The number of nitrogens with one attached hydrogen (secondary N) is 1. The van der Waals surface area contributed by atoms with Crippen molar-refractivity contribution in [1.29, 1.82) is 0 Å². The Balaban J connectivity index is 1.48. The maximum atomic E-state index is 12.6. The molecule has 2 aliphatic heterocycles. The minimum Gasteiger partial charge on any atom is -0.481 e. The van der Waals surface area contributed by atoms with E-state index in [4.69, 9.17) is 0 Å². The van der Waals surface area contributed by atoms with Crippen molar-refractivity contribution in [2.75, 3.05) is 26.2 Å². The largest absolute Gasteiger partial charge is 0.481 e. The molecule has 26 heavy (non-hydrogen) atoms. The summed E-state index contributed by atoms with van der Waals surface area (Å²) in [4.78, 5) is 40.1. The van der Waals surface area contributed by atoms with Crippen LogP contribution in [0.2, 0.25) is 0 Å². The number of piperidine rings is 1. The summed E-state index contributed by atoms with van der Waals surface area (Å²) < 4.78 is 0. The van der Waals surface area contributed by atoms with E-state index in [1.807, 2.05) is 18.7 Å². The smallest absolute Gasteiger partial charge is 0.317 e. The van der Waals surface area contributed by atoms with Gasteiger partial charge in [0.15, 0.2) is 0 Å². The fourth-order valence-electron chi connectivity index (χ4n) is 4.81. The standard InChI is InChI=1S/C19H31N3O4/c1-13(2)10-16(23)21-8-5-15(6-9-21)20-18(26)22-11-14-4-3-7-19(14,12-22)17(24)25/h13-15H,3-12H2,1-2H3,(H,20,26)(H,24,25)/t14-,19+/m0/s1. The van der Waals surface area contributed by atoms with E-state index in [1.165, 1.54) is 0 Å². The predicted octanol–water partition coefficient (Wildman–Crippen LogP) is 1.92. The minimum absolute atomic E-state index is 0.0619. The highest BCUT2D eigenvalue weighted by Gasteiger charge is 2.55. The molecule has 3 amide bonds. The molecule has 1 aliphatic carbocycles. The Kier molecular flexibility index (Phi) is 5.44. The lowest BCUT2D eigenvalue weighted by molar-refractivity contribution is -0.149. The molecule has 0 bridgehead atoms. The number of carboxylic acids is 1. The molecule has 0 radical (unpaired) electrons. The molecule has 2 saturated heterocycles. The summed E-state index contributed by atoms with van der Waals surface area (Å²) in [5.74, 6) is -0.120. The third kappa shape index (κ3) is 3.67. The number of nitrogens with zero attached hydrogens (tertiary/aromatic N) is 2. The van der Waals surface area contributed by atoms with Gasteiger partial charge in [0.25, 0.3) is 0 Å². The molecular formula is C19H31N3O4. The molecule has 146 valence electrons. The monoisotopic (exact) mass is 365 g/mol. The van der Waals surface area contributed by atoms with Gasteiger partial charge in [0.2, 0.25) is 5.91 Å². The van der Waals surface area contributed by atoms with Crippen molar-refractivity contribution < 1.29 is 19.5 Å². The Morgan fingerprint density at radius 2 is 1.85 bits per heavy atom. The van der Waals surface area contributed by atoms with E-state index >= 15 is 0 Å². The zero-order chi connectivity index (χ0) is 18.9. The van der Waals surface area contributed by atoms with Crippen molar-refractivity contribution in [3.05, 3.63) is 0 Å². The zero-order valence-corrected chi connectivity index (χ0v) is 15.9. The first-order chi connectivity index (χ1) is 12.3. The van der Waals surface area contributed by atoms with Crippen molar-refractivity contribution >= 4 is 17.9 Å². The summed E-state index contributed by atoms with van der Waals surface area (Å²) in [5.41, 5.74) is -0.732. The average Bonchev–Trinajstić information content (AvgIpc) is 3.13. The lowest BCUT2D eigenvalue weighted by atomic mass is 9.81. The third-order valence-corrected chi connectivity index (χ3v) is 6.34. The van der Waals surface area contributed by atoms with Crippen molar-refractivity contribution in [2.24, 2.45) is 17.3 Å². The van der Waals surface area contributed by atoms with Gasteiger partial charge in [-0.1, -0.05) is 20.3 Å². The number of carboxylic acid groups (broad SMARTS) is 1. The molecule has 0 spiro atoms. The molecule has 0 aromatic heterocycles. The average molecular weight is 365 g/mol. The van der Waals surface area contributed by atoms with E-state index in [0.29, 0.717) is 44.9 Å². The molecule has 1 saturated carbocycles. The van der Waals surface area contributed by atoms with Crippen LogP contribution >= 0.6 is 0 Å². The van der Waals surface area contributed by atoms with Gasteiger partial charge in [0, 0.05) is 38.6 Å². The van der Waals surface area contributed by atoms with Gasteiger partial charge >= 0.3 is 12.0 Å². The van der Waals surface area contributed by atoms with Crippen LogP contribution in [0.5, 0.6) is 0 Å². The maximum Gasteiger partial charge on any atom is 0.317 e. The minimum atomic E-state index is -0.757. The summed E-state index contributed by atoms with van der Waals surface area (Å²) in [6, 6.07) is -0.0844. The summed E-state index contributed by atoms with van der Waals surface area (Å²) >= 11 is 0. The molecule has 2 atom stereocenters. The number of hydrogen-bond donors (Lipinski definition) is 2. The Bertz CT molecular complexity index is 571. The number of fused-ring (bicyclic) bond motifs is 1. The molecule has 3 aliphatic rings. The number of carbonyl (C=O) groups excluding carboxylic acids is 2. The van der Waals surface area contributed by atoms with E-state index in [1.54, 1.807) is 4.90 Å². The molecule has 2 heterocycles. The van der Waals surface area contributed by atoms with Crippen LogP contribution in [-0.2, 0) is 9.59 Å². The van der Waals surface area contributed by atoms with E-state index in [0.717, 1.165) is 25.7 Å². The molecule has 0 unspecified atom stereocenters. The Morgan fingerprint density at radius 1 is 1.15 bits per heavy atom. The molecule has 7 heteroatoms. The van der Waals surface area contributed by atoms with Gasteiger partial charge in [-0.3, -0.25) is 9.59 Å². The van der Waals surface area contributed by atoms with Crippen LogP contribution in [0.15, 0.2) is 0 Å². The van der Waals surface area contributed by atoms with Crippen molar-refractivity contribution in [2.45, 2.75) is 58.4 Å². The Hall–Kier alpha value is -1.79. The number of carbonyl (C=O) groups is 3. The summed E-state index contributed by atoms with van der Waals surface area (Å²) in [6.45, 7) is 6.31. The summed E-state index contributed by atoms with van der Waals surface area (Å²) in [5, 5.41) is 12.7. The highest BCUT2D eigenvalue weighted by Crippen LogP contribution is 2.48. The molecule has 0 aromatic carbocycles. The normalized spacial score (nSPS) is 29.1. The Labute approximate surface area is 155 Å². The first kappa shape index (κ1) is 19.0. The number of amides is 3. The second-order valence-electron chi connectivity index (χ2n) is 8.63. The quantitative estimate of drug-likeness (QED) is 0.796. The van der Waals surface area contributed by atoms with Crippen LogP contribution in [0, 0.1) is 17.3 Å². The molecule has 7 nitrogen and oxygen atoms in total. The number of rotatable bonds is 4. The number of hydrogen-bond acceptors (Lipinski definition) is 3. The van der Waals surface area contributed by atoms with Gasteiger partial charge in [-0.15, -0.1) is 0 Å². The summed E-state index contributed by atoms with van der Waals surface area (Å²) in [7, 11) is 0. The molecular weight excluding hydrogens is 334 g/mol. The van der Waals surface area contributed by atoms with Gasteiger partial charge in [-0.05, 0) is 37.5 Å². The summed E-state index contributed by atoms with van der Waals surface area (Å²) in [6.07, 6.45) is 4.60. The predicted molar refractivity (Wildman–Crippen MR) is 96.6 cm³/mol. The number of aliphatic carboxylic acids is 1. The van der Waals surface area contributed by atoms with Crippen molar-refractivity contribution in [1.82, 2.24) is 15.1 Å². The Morgan fingerprint density at radius 3 is 2.42 bits per heavy atom. The van der Waals surface area contributed by atoms with Crippen LogP contribution in [0.1, 0.15) is 52.4 Å². The third-order valence-electron chi connectivity index (χ3n) is 6.34. The van der Waals surface area contributed by atoms with Gasteiger partial charge in [0.1, 0.15) is 0 Å². The van der Waals surface area contributed by atoms with Crippen LogP contribution in [0.3, 0.4) is 0 Å². The fraction of sp³-hybridized carbons (Fsp3) is 0.842. The lowest BCUT2D eigenvalue weighted by Crippen LogP contribution is -2.50. The molecule has 3 rings (SSSR count). The second kappa shape index (κ2) is 7.45. The van der Waals surface area contributed by atoms with Crippen LogP contribution in [0.25, 0.3) is 0 Å². The topological polar surface area (TPSA) is 90.0 Å². The highest BCUT2D eigenvalue weighted by atomic mass is 16.4. The highest BCUT2D eigenvalue weighted by molar-refractivity contribution is 5.81. The first-order valence-corrected chi connectivity index (χ1v) is 9.88. The maximum absolute atomic E-state index is 12.6. The van der Waals surface area contributed by atoms with E-state index < -0.39 is 11.4 Å². The lowest BCUT2D eigenvalue weighted by Gasteiger charge is -2.34. The van der Waals surface area contributed by atoms with Crippen LogP contribution in [-0.4, -0.2) is 65.0 Å². The molecule has 0 aromatic rings. The zero-order valence-electron chi connectivity index (χ0n) is 15.9. The second-order valence-corrected chi connectivity index (χ2v) is 8.63. The van der Waals surface area contributed by atoms with Crippen LogP contribution < -0.4 is 5.32 Å². The molecule has 2 N–H and O–H groups in total. The SMILES string of the molecule is CC(C)CC(=O)N1CCC(NC(=O)N2C[C@@H]3CCC[C@@]3(C(=O)O)C2)CC1. The van der Waals surface area contributed by atoms with E-state index in [2.05, 4.69) is 5.32 Å². The van der Waals surface area contributed by atoms with Crippen molar-refractivity contribution in [3.63, 3.8) is 0 Å². The fourth-order valence-corrected chi connectivity index (χ4v) is 4.81. The number of urea groups is 1. The first-order valence-electron chi connectivity index (χ1n) is 9.88. The van der Waals surface area contributed by atoms with Gasteiger partial charge in [-0.2, -0.15) is 0 Å². The van der Waals surface area contributed by atoms with Crippen LogP contribution in [0.4, 0.5) is 4.79 Å². The van der Waals surface area contributed by atoms with E-state index in [9.17, 15) is 19.5 Å². The van der Waals surface area contributed by atoms with Gasteiger partial charge < -0.3 is 20.2 Å². The van der Waals surface area contributed by atoms with E-state index in [-0.39, 0.29) is 23.9 Å².